The van der Waals surface area contributed by atoms with Crippen molar-refractivity contribution in [1.29, 1.82) is 0 Å². The second-order valence-corrected chi connectivity index (χ2v) is 5.05. The van der Waals surface area contributed by atoms with Gasteiger partial charge in [0.05, 0.1) is 12.7 Å². The van der Waals surface area contributed by atoms with Crippen molar-refractivity contribution in [3.8, 4) is 0 Å². The summed E-state index contributed by atoms with van der Waals surface area (Å²) in [5.41, 5.74) is 1.84. The lowest BCUT2D eigenvalue weighted by Gasteiger charge is -2.13. The van der Waals surface area contributed by atoms with Crippen LogP contribution in [-0.2, 0) is 20.7 Å². The Kier molecular flexibility index (Phi) is 4.22. The van der Waals surface area contributed by atoms with Crippen LogP contribution in [0.1, 0.15) is 36.5 Å². The molecule has 19 heavy (non-hydrogen) atoms. The van der Waals surface area contributed by atoms with E-state index in [-0.39, 0.29) is 5.60 Å². The fourth-order valence-electron chi connectivity index (χ4n) is 2.18. The van der Waals surface area contributed by atoms with Gasteiger partial charge < -0.3 is 14.6 Å². The highest BCUT2D eigenvalue weighted by Crippen LogP contribution is 2.42. The molecule has 1 aromatic carbocycles. The van der Waals surface area contributed by atoms with Gasteiger partial charge in [0.1, 0.15) is 0 Å². The third-order valence-corrected chi connectivity index (χ3v) is 3.83. The second-order valence-electron chi connectivity index (χ2n) is 5.05. The van der Waals surface area contributed by atoms with Gasteiger partial charge >= 0.3 is 5.97 Å². The van der Waals surface area contributed by atoms with Crippen LogP contribution in [-0.4, -0.2) is 30.9 Å². The zero-order valence-corrected chi connectivity index (χ0v) is 11.4. The predicted octanol–water partition coefficient (Wildman–Crippen LogP) is 2.00. The van der Waals surface area contributed by atoms with Crippen LogP contribution in [0.4, 0.5) is 0 Å². The summed E-state index contributed by atoms with van der Waals surface area (Å²) in [5.74, 6) is -0.635. The summed E-state index contributed by atoms with van der Waals surface area (Å²) >= 11 is 0. The number of benzene rings is 1. The summed E-state index contributed by atoms with van der Waals surface area (Å²) in [7, 11) is 3.03. The van der Waals surface area contributed by atoms with Gasteiger partial charge in [0.15, 0.2) is 6.10 Å². The lowest BCUT2D eigenvalue weighted by atomic mass is 10.0. The highest BCUT2D eigenvalue weighted by molar-refractivity contribution is 5.76. The number of ether oxygens (including phenoxy) is 2. The molecule has 0 aliphatic heterocycles. The van der Waals surface area contributed by atoms with Crippen LogP contribution in [0.3, 0.4) is 0 Å². The number of hydrogen-bond donors (Lipinski definition) is 1. The molecule has 0 spiro atoms. The number of aryl methyl sites for hydroxylation is 1. The first kappa shape index (κ1) is 14.0. The first-order chi connectivity index (χ1) is 9.10. The van der Waals surface area contributed by atoms with E-state index in [1.807, 2.05) is 12.1 Å². The van der Waals surface area contributed by atoms with Crippen molar-refractivity contribution in [2.24, 2.45) is 0 Å². The molecule has 4 heteroatoms. The molecule has 1 unspecified atom stereocenters. The zero-order chi connectivity index (χ0) is 13.9. The molecule has 0 amide bonds. The normalized spacial score (nSPS) is 17.8. The number of carbonyl (C=O) groups excluding carboxylic acids is 1. The highest BCUT2D eigenvalue weighted by atomic mass is 16.5. The summed E-state index contributed by atoms with van der Waals surface area (Å²) in [4.78, 5) is 11.2. The molecule has 1 N–H and O–H groups in total. The molecule has 1 fully saturated rings. The minimum atomic E-state index is -1.20. The van der Waals surface area contributed by atoms with Crippen LogP contribution in [0, 0.1) is 0 Å². The maximum absolute atomic E-state index is 11.2. The Labute approximate surface area is 113 Å². The molecule has 0 bridgehead atoms. The van der Waals surface area contributed by atoms with Crippen molar-refractivity contribution in [1.82, 2.24) is 0 Å². The lowest BCUT2D eigenvalue weighted by molar-refractivity contribution is -0.150. The highest BCUT2D eigenvalue weighted by Gasteiger charge is 2.42. The van der Waals surface area contributed by atoms with Crippen LogP contribution in [0.5, 0.6) is 0 Å². The van der Waals surface area contributed by atoms with E-state index < -0.39 is 12.1 Å². The fourth-order valence-corrected chi connectivity index (χ4v) is 2.18. The summed E-state index contributed by atoms with van der Waals surface area (Å²) in [6.07, 6.45) is 3.05. The van der Waals surface area contributed by atoms with E-state index in [0.29, 0.717) is 5.56 Å². The number of aliphatic hydroxyl groups excluding tert-OH is 1. The van der Waals surface area contributed by atoms with Gasteiger partial charge in [-0.1, -0.05) is 24.3 Å². The molecule has 1 aromatic rings. The minimum Gasteiger partial charge on any atom is -0.467 e. The monoisotopic (exact) mass is 264 g/mol. The third kappa shape index (κ3) is 3.33. The summed E-state index contributed by atoms with van der Waals surface area (Å²) in [6.45, 7) is 0. The van der Waals surface area contributed by atoms with Gasteiger partial charge in [0, 0.05) is 7.11 Å². The second kappa shape index (κ2) is 5.72. The Balaban J connectivity index is 1.93. The molecule has 2 rings (SSSR count). The zero-order valence-electron chi connectivity index (χ0n) is 11.4. The van der Waals surface area contributed by atoms with Crippen molar-refractivity contribution >= 4 is 5.97 Å². The molecule has 104 valence electrons. The molecule has 0 radical (unpaired) electrons. The Hall–Kier alpha value is -1.39. The standard InChI is InChI=1S/C15H20O4/c1-18-14(17)13(16)12-5-3-11(4-6-12)7-8-15(19-2)9-10-15/h3-6,13,16H,7-10H2,1-2H3. The van der Waals surface area contributed by atoms with Gasteiger partial charge in [-0.05, 0) is 36.8 Å². The molecule has 1 aliphatic carbocycles. The van der Waals surface area contributed by atoms with E-state index >= 15 is 0 Å². The number of esters is 1. The molecular formula is C15H20O4. The molecule has 0 aromatic heterocycles. The average Bonchev–Trinajstić information content (AvgIpc) is 3.25. The van der Waals surface area contributed by atoms with Crippen LogP contribution in [0.25, 0.3) is 0 Å². The van der Waals surface area contributed by atoms with Crippen molar-refractivity contribution in [2.45, 2.75) is 37.4 Å². The maximum Gasteiger partial charge on any atom is 0.339 e. The first-order valence-electron chi connectivity index (χ1n) is 6.50. The van der Waals surface area contributed by atoms with Gasteiger partial charge in [-0.15, -0.1) is 0 Å². The van der Waals surface area contributed by atoms with Crippen LogP contribution in [0.2, 0.25) is 0 Å². The van der Waals surface area contributed by atoms with E-state index in [9.17, 15) is 9.90 Å². The summed E-state index contributed by atoms with van der Waals surface area (Å²) in [5, 5.41) is 9.69. The molecule has 1 aliphatic rings. The van der Waals surface area contributed by atoms with Crippen LogP contribution < -0.4 is 0 Å². The Morgan fingerprint density at radius 1 is 1.32 bits per heavy atom. The average molecular weight is 264 g/mol. The van der Waals surface area contributed by atoms with E-state index in [1.54, 1.807) is 19.2 Å². The van der Waals surface area contributed by atoms with Crippen molar-refractivity contribution < 1.29 is 19.4 Å². The summed E-state index contributed by atoms with van der Waals surface area (Å²) < 4.78 is 9.98. The van der Waals surface area contributed by atoms with Gasteiger partial charge in [0.2, 0.25) is 0 Å². The Bertz CT molecular complexity index is 434. The Morgan fingerprint density at radius 3 is 2.42 bits per heavy atom. The van der Waals surface area contributed by atoms with E-state index in [4.69, 9.17) is 4.74 Å². The fraction of sp³-hybridized carbons (Fsp3) is 0.533. The van der Waals surface area contributed by atoms with Crippen molar-refractivity contribution in [3.05, 3.63) is 35.4 Å². The van der Waals surface area contributed by atoms with E-state index in [2.05, 4.69) is 4.74 Å². The van der Waals surface area contributed by atoms with Gasteiger partial charge in [-0.2, -0.15) is 0 Å². The number of rotatable bonds is 6. The molecule has 0 heterocycles. The Morgan fingerprint density at radius 2 is 1.95 bits per heavy atom. The first-order valence-corrected chi connectivity index (χ1v) is 6.50. The van der Waals surface area contributed by atoms with Crippen molar-refractivity contribution in [2.75, 3.05) is 14.2 Å². The molecular weight excluding hydrogens is 244 g/mol. The number of methoxy groups -OCH3 is 2. The van der Waals surface area contributed by atoms with Crippen molar-refractivity contribution in [3.63, 3.8) is 0 Å². The van der Waals surface area contributed by atoms with E-state index in [0.717, 1.165) is 25.7 Å². The molecule has 1 saturated carbocycles. The quantitative estimate of drug-likeness (QED) is 0.798. The molecule has 0 saturated heterocycles. The van der Waals surface area contributed by atoms with E-state index in [1.165, 1.54) is 12.7 Å². The molecule has 4 nitrogen and oxygen atoms in total. The topological polar surface area (TPSA) is 55.8 Å². The maximum atomic E-state index is 11.2. The smallest absolute Gasteiger partial charge is 0.339 e. The predicted molar refractivity (Wildman–Crippen MR) is 70.7 cm³/mol. The third-order valence-electron chi connectivity index (χ3n) is 3.83. The van der Waals surface area contributed by atoms with Gasteiger partial charge in [0.25, 0.3) is 0 Å². The lowest BCUT2D eigenvalue weighted by Crippen LogP contribution is -2.14. The number of carbonyl (C=O) groups is 1. The van der Waals surface area contributed by atoms with Crippen LogP contribution >= 0.6 is 0 Å². The largest absolute Gasteiger partial charge is 0.467 e. The SMILES string of the molecule is COC(=O)C(O)c1ccc(CCC2(OC)CC2)cc1. The van der Waals surface area contributed by atoms with Gasteiger partial charge in [-0.3, -0.25) is 0 Å². The number of hydrogen-bond acceptors (Lipinski definition) is 4. The van der Waals surface area contributed by atoms with Crippen LogP contribution in [0.15, 0.2) is 24.3 Å². The minimum absolute atomic E-state index is 0.101. The van der Waals surface area contributed by atoms with Gasteiger partial charge in [-0.25, -0.2) is 4.79 Å². The molecule has 1 atom stereocenters. The number of aliphatic hydroxyl groups is 1. The summed E-state index contributed by atoms with van der Waals surface area (Å²) in [6, 6.07) is 7.41.